The SMILES string of the molecule is CCOc1ccc([C@@H]2C(C(=O)OC)=CN=c3s/c(=C\c4cc(I)c(OCc5ccc6ccccc6c5)c(I)c4)c(=O)n32)cc1OCC. The van der Waals surface area contributed by atoms with Crippen LogP contribution in [-0.4, -0.2) is 30.9 Å². The van der Waals surface area contributed by atoms with E-state index in [0.717, 1.165) is 24.0 Å². The van der Waals surface area contributed by atoms with Gasteiger partial charge in [0.2, 0.25) is 0 Å². The molecule has 0 spiro atoms. The first-order chi connectivity index (χ1) is 22.8. The fourth-order valence-corrected chi connectivity index (χ4v) is 8.52. The molecule has 1 atom stereocenters. The van der Waals surface area contributed by atoms with Crippen LogP contribution in [0.5, 0.6) is 17.2 Å². The Labute approximate surface area is 302 Å². The number of thiazole rings is 1. The van der Waals surface area contributed by atoms with Gasteiger partial charge in [-0.15, -0.1) is 0 Å². The Morgan fingerprint density at radius 3 is 2.36 bits per heavy atom. The number of hydrogen-bond donors (Lipinski definition) is 0. The number of methoxy groups -OCH3 is 1. The van der Waals surface area contributed by atoms with Gasteiger partial charge >= 0.3 is 5.97 Å². The zero-order valence-electron chi connectivity index (χ0n) is 25.8. The first-order valence-corrected chi connectivity index (χ1v) is 17.9. The summed E-state index contributed by atoms with van der Waals surface area (Å²) in [6, 6.07) is 23.3. The summed E-state index contributed by atoms with van der Waals surface area (Å²) in [5, 5.41) is 2.37. The van der Waals surface area contributed by atoms with E-state index in [9.17, 15) is 9.59 Å². The summed E-state index contributed by atoms with van der Waals surface area (Å²) in [6.45, 7) is 5.12. The molecule has 0 saturated heterocycles. The minimum Gasteiger partial charge on any atom is -0.490 e. The van der Waals surface area contributed by atoms with E-state index in [0.29, 0.717) is 46.2 Å². The van der Waals surface area contributed by atoms with Gasteiger partial charge in [-0.2, -0.15) is 0 Å². The lowest BCUT2D eigenvalue weighted by molar-refractivity contribution is -0.136. The molecule has 1 aliphatic rings. The third-order valence-electron chi connectivity index (χ3n) is 7.52. The van der Waals surface area contributed by atoms with Crippen molar-refractivity contribution in [3.8, 4) is 17.2 Å². The minimum atomic E-state index is -0.762. The van der Waals surface area contributed by atoms with Crippen molar-refractivity contribution in [2.24, 2.45) is 4.99 Å². The highest BCUT2D eigenvalue weighted by Crippen LogP contribution is 2.35. The standard InChI is InChI=1S/C36H30I2N2O6S/c1-4-44-29-13-12-25(18-30(29)45-5-2)32-26(35(42)43-3)19-39-36-40(32)34(41)31(47-36)17-22-15-27(37)33(28(38)16-22)46-20-21-10-11-23-8-6-7-9-24(23)14-21/h6-19,32H,4-5,20H2,1-3H3/b31-17-/t32-/m1/s1. The smallest absolute Gasteiger partial charge is 0.337 e. The number of carbonyl (C=O) groups excluding carboxylic acids is 1. The van der Waals surface area contributed by atoms with Gasteiger partial charge in [0.25, 0.3) is 5.56 Å². The van der Waals surface area contributed by atoms with Crippen LogP contribution in [0.4, 0.5) is 0 Å². The third-order valence-corrected chi connectivity index (χ3v) is 10.1. The maximum Gasteiger partial charge on any atom is 0.337 e. The number of rotatable bonds is 10. The molecule has 11 heteroatoms. The van der Waals surface area contributed by atoms with E-state index in [1.54, 1.807) is 16.7 Å². The molecule has 0 N–H and O–H groups in total. The first-order valence-electron chi connectivity index (χ1n) is 14.9. The van der Waals surface area contributed by atoms with Gasteiger partial charge < -0.3 is 18.9 Å². The van der Waals surface area contributed by atoms with Gasteiger partial charge in [0.05, 0.1) is 43.6 Å². The molecule has 1 aliphatic heterocycles. The highest BCUT2D eigenvalue weighted by atomic mass is 127. The van der Waals surface area contributed by atoms with Crippen LogP contribution < -0.4 is 29.1 Å². The topological polar surface area (TPSA) is 88.4 Å². The van der Waals surface area contributed by atoms with Crippen LogP contribution in [0.3, 0.4) is 0 Å². The van der Waals surface area contributed by atoms with Crippen molar-refractivity contribution >= 4 is 79.3 Å². The van der Waals surface area contributed by atoms with E-state index in [1.165, 1.54) is 35.4 Å². The Morgan fingerprint density at radius 1 is 0.915 bits per heavy atom. The molecule has 4 aromatic carbocycles. The van der Waals surface area contributed by atoms with Crippen LogP contribution in [0.2, 0.25) is 0 Å². The maximum absolute atomic E-state index is 14.0. The summed E-state index contributed by atoms with van der Waals surface area (Å²) < 4.78 is 26.8. The van der Waals surface area contributed by atoms with Crippen molar-refractivity contribution in [3.63, 3.8) is 0 Å². The molecule has 0 bridgehead atoms. The van der Waals surface area contributed by atoms with Gasteiger partial charge in [0, 0.05) is 6.20 Å². The number of hydrogen-bond acceptors (Lipinski definition) is 8. The van der Waals surface area contributed by atoms with Crippen LogP contribution in [0.25, 0.3) is 16.8 Å². The predicted molar refractivity (Wildman–Crippen MR) is 200 cm³/mol. The number of halogens is 2. The molecular weight excluding hydrogens is 842 g/mol. The van der Waals surface area contributed by atoms with Crippen molar-refractivity contribution in [3.05, 3.63) is 128 Å². The van der Waals surface area contributed by atoms with E-state index in [2.05, 4.69) is 80.5 Å². The number of aromatic nitrogens is 1. The van der Waals surface area contributed by atoms with Gasteiger partial charge in [-0.25, -0.2) is 9.79 Å². The lowest BCUT2D eigenvalue weighted by Gasteiger charge is -2.23. The van der Waals surface area contributed by atoms with E-state index in [-0.39, 0.29) is 11.1 Å². The number of carbonyl (C=O) groups is 1. The molecule has 2 heterocycles. The summed E-state index contributed by atoms with van der Waals surface area (Å²) >= 11 is 5.81. The molecule has 6 rings (SSSR count). The lowest BCUT2D eigenvalue weighted by atomic mass is 9.97. The number of nitrogens with zero attached hydrogens (tertiary/aromatic N) is 2. The molecule has 0 unspecified atom stereocenters. The second kappa shape index (κ2) is 14.6. The Bertz CT molecular complexity index is 2180. The normalized spacial score (nSPS) is 14.3. The van der Waals surface area contributed by atoms with Crippen LogP contribution in [0, 0.1) is 7.14 Å². The Morgan fingerprint density at radius 2 is 1.64 bits per heavy atom. The molecule has 0 aliphatic carbocycles. The summed E-state index contributed by atoms with van der Waals surface area (Å²) in [4.78, 5) is 31.9. The lowest BCUT2D eigenvalue weighted by Crippen LogP contribution is -2.39. The molecular formula is C36H30I2N2O6S. The van der Waals surface area contributed by atoms with Gasteiger partial charge in [0.15, 0.2) is 16.3 Å². The van der Waals surface area contributed by atoms with Gasteiger partial charge in [-0.05, 0) is 123 Å². The number of fused-ring (bicyclic) bond motifs is 2. The summed E-state index contributed by atoms with van der Waals surface area (Å²) in [5.41, 5.74) is 2.60. The van der Waals surface area contributed by atoms with Crippen LogP contribution >= 0.6 is 56.5 Å². The monoisotopic (exact) mass is 872 g/mol. The number of ether oxygens (including phenoxy) is 4. The van der Waals surface area contributed by atoms with Crippen molar-refractivity contribution in [2.75, 3.05) is 20.3 Å². The average molecular weight is 873 g/mol. The van der Waals surface area contributed by atoms with Gasteiger partial charge in [0.1, 0.15) is 12.4 Å². The van der Waals surface area contributed by atoms with Crippen LogP contribution in [0.1, 0.15) is 36.6 Å². The van der Waals surface area contributed by atoms with E-state index in [1.807, 2.05) is 50.3 Å². The first kappa shape index (κ1) is 33.2. The molecule has 5 aromatic rings. The largest absolute Gasteiger partial charge is 0.490 e. The fraction of sp³-hybridized carbons (Fsp3) is 0.194. The molecule has 0 fully saturated rings. The van der Waals surface area contributed by atoms with Gasteiger partial charge in [-0.3, -0.25) is 9.36 Å². The summed E-state index contributed by atoms with van der Waals surface area (Å²) in [6.07, 6.45) is 3.33. The molecule has 0 amide bonds. The maximum atomic E-state index is 14.0. The highest BCUT2D eigenvalue weighted by molar-refractivity contribution is 14.1. The second-order valence-corrected chi connectivity index (χ2v) is 13.9. The fourth-order valence-electron chi connectivity index (χ4n) is 5.42. The van der Waals surface area contributed by atoms with Crippen LogP contribution in [-0.2, 0) is 16.1 Å². The van der Waals surface area contributed by atoms with Crippen molar-refractivity contribution in [1.82, 2.24) is 4.57 Å². The molecule has 1 aromatic heterocycles. The average Bonchev–Trinajstić information content (AvgIpc) is 3.38. The van der Waals surface area contributed by atoms with Crippen molar-refractivity contribution < 1.29 is 23.7 Å². The Kier molecular flexibility index (Phi) is 10.3. The molecule has 8 nitrogen and oxygen atoms in total. The van der Waals surface area contributed by atoms with Crippen LogP contribution in [0.15, 0.2) is 94.4 Å². The van der Waals surface area contributed by atoms with Gasteiger partial charge in [-0.1, -0.05) is 53.8 Å². The molecule has 0 radical (unpaired) electrons. The zero-order valence-corrected chi connectivity index (χ0v) is 30.9. The molecule has 240 valence electrons. The third kappa shape index (κ3) is 6.97. The zero-order chi connectivity index (χ0) is 33.1. The quantitative estimate of drug-likeness (QED) is 0.114. The second-order valence-electron chi connectivity index (χ2n) is 10.5. The summed E-state index contributed by atoms with van der Waals surface area (Å²) in [7, 11) is 1.31. The van der Waals surface area contributed by atoms with Crippen molar-refractivity contribution in [1.29, 1.82) is 0 Å². The molecule has 0 saturated carbocycles. The minimum absolute atomic E-state index is 0.245. The van der Waals surface area contributed by atoms with Crippen molar-refractivity contribution in [2.45, 2.75) is 26.5 Å². The highest BCUT2D eigenvalue weighted by Gasteiger charge is 2.31. The summed E-state index contributed by atoms with van der Waals surface area (Å²) in [5.74, 6) is 1.34. The van der Waals surface area contributed by atoms with E-state index in [4.69, 9.17) is 18.9 Å². The predicted octanol–water partition coefficient (Wildman–Crippen LogP) is 6.76. The number of benzene rings is 4. The molecule has 47 heavy (non-hydrogen) atoms. The van der Waals surface area contributed by atoms with E-state index >= 15 is 0 Å². The number of esters is 1. The Hall–Kier alpha value is -3.69. The Balaban J connectivity index is 1.35. The van der Waals surface area contributed by atoms with E-state index < -0.39 is 12.0 Å².